The van der Waals surface area contributed by atoms with Crippen LogP contribution in [0, 0.1) is 0 Å². The molecule has 1 amide bonds. The van der Waals surface area contributed by atoms with E-state index in [0.29, 0.717) is 17.1 Å². The summed E-state index contributed by atoms with van der Waals surface area (Å²) in [5.74, 6) is 1.16. The SMILES string of the molecule is COc1cccc(OC)c1C(=O)N1CCN(C2CCCC2)CC1. The quantitative estimate of drug-likeness (QED) is 0.855. The Morgan fingerprint density at radius 3 is 2.09 bits per heavy atom. The maximum Gasteiger partial charge on any atom is 0.261 e. The van der Waals surface area contributed by atoms with E-state index >= 15 is 0 Å². The summed E-state index contributed by atoms with van der Waals surface area (Å²) in [7, 11) is 3.17. The number of carbonyl (C=O) groups is 1. The van der Waals surface area contributed by atoms with Gasteiger partial charge in [0, 0.05) is 32.2 Å². The molecule has 23 heavy (non-hydrogen) atoms. The van der Waals surface area contributed by atoms with Crippen LogP contribution in [0.25, 0.3) is 0 Å². The van der Waals surface area contributed by atoms with Crippen molar-refractivity contribution < 1.29 is 14.3 Å². The van der Waals surface area contributed by atoms with Gasteiger partial charge >= 0.3 is 0 Å². The Bertz CT molecular complexity index is 525. The van der Waals surface area contributed by atoms with Crippen molar-refractivity contribution in [3.63, 3.8) is 0 Å². The van der Waals surface area contributed by atoms with Crippen molar-refractivity contribution in [3.8, 4) is 11.5 Å². The highest BCUT2D eigenvalue weighted by Crippen LogP contribution is 2.30. The molecule has 3 rings (SSSR count). The molecule has 1 aromatic carbocycles. The van der Waals surface area contributed by atoms with Crippen LogP contribution in [-0.4, -0.2) is 62.1 Å². The first-order valence-corrected chi connectivity index (χ1v) is 8.49. The Morgan fingerprint density at radius 2 is 1.57 bits per heavy atom. The van der Waals surface area contributed by atoms with Crippen LogP contribution in [0.2, 0.25) is 0 Å². The third-order valence-electron chi connectivity index (χ3n) is 5.08. The molecular formula is C18H26N2O3. The second-order valence-electron chi connectivity index (χ2n) is 6.30. The van der Waals surface area contributed by atoms with Gasteiger partial charge in [0.15, 0.2) is 0 Å². The van der Waals surface area contributed by atoms with Gasteiger partial charge in [-0.15, -0.1) is 0 Å². The molecule has 0 aromatic heterocycles. The minimum atomic E-state index is 0.00497. The van der Waals surface area contributed by atoms with Gasteiger partial charge in [-0.2, -0.15) is 0 Å². The van der Waals surface area contributed by atoms with Crippen LogP contribution in [-0.2, 0) is 0 Å². The average molecular weight is 318 g/mol. The van der Waals surface area contributed by atoms with Crippen LogP contribution in [0.5, 0.6) is 11.5 Å². The van der Waals surface area contributed by atoms with Gasteiger partial charge in [-0.1, -0.05) is 18.9 Å². The predicted molar refractivity (Wildman–Crippen MR) is 89.3 cm³/mol. The molecule has 0 unspecified atom stereocenters. The van der Waals surface area contributed by atoms with E-state index in [9.17, 15) is 4.79 Å². The number of carbonyl (C=O) groups excluding carboxylic acids is 1. The molecule has 126 valence electrons. The van der Waals surface area contributed by atoms with Gasteiger partial charge in [-0.25, -0.2) is 0 Å². The maximum absolute atomic E-state index is 12.9. The lowest BCUT2D eigenvalue weighted by atomic mass is 10.1. The van der Waals surface area contributed by atoms with Crippen molar-refractivity contribution in [3.05, 3.63) is 23.8 Å². The van der Waals surface area contributed by atoms with Crippen molar-refractivity contribution >= 4 is 5.91 Å². The van der Waals surface area contributed by atoms with Crippen molar-refractivity contribution in [1.29, 1.82) is 0 Å². The summed E-state index contributed by atoms with van der Waals surface area (Å²) >= 11 is 0. The number of hydrogen-bond acceptors (Lipinski definition) is 4. The van der Waals surface area contributed by atoms with E-state index in [4.69, 9.17) is 9.47 Å². The van der Waals surface area contributed by atoms with Crippen LogP contribution in [0.3, 0.4) is 0 Å². The zero-order chi connectivity index (χ0) is 16.2. The smallest absolute Gasteiger partial charge is 0.261 e. The number of piperazine rings is 1. The van der Waals surface area contributed by atoms with E-state index < -0.39 is 0 Å². The van der Waals surface area contributed by atoms with Crippen molar-refractivity contribution in [1.82, 2.24) is 9.80 Å². The van der Waals surface area contributed by atoms with E-state index in [1.54, 1.807) is 14.2 Å². The van der Waals surface area contributed by atoms with E-state index in [0.717, 1.165) is 32.2 Å². The summed E-state index contributed by atoms with van der Waals surface area (Å²) in [6, 6.07) is 6.19. The zero-order valence-electron chi connectivity index (χ0n) is 14.1. The third kappa shape index (κ3) is 3.29. The topological polar surface area (TPSA) is 42.0 Å². The minimum Gasteiger partial charge on any atom is -0.496 e. The lowest BCUT2D eigenvalue weighted by Crippen LogP contribution is -2.51. The van der Waals surface area contributed by atoms with E-state index in [1.807, 2.05) is 23.1 Å². The third-order valence-corrected chi connectivity index (χ3v) is 5.08. The first-order chi connectivity index (χ1) is 11.2. The molecule has 0 radical (unpaired) electrons. The summed E-state index contributed by atoms with van der Waals surface area (Å²) in [5, 5.41) is 0. The molecular weight excluding hydrogens is 292 g/mol. The van der Waals surface area contributed by atoms with Crippen LogP contribution in [0.4, 0.5) is 0 Å². The Hall–Kier alpha value is -1.75. The van der Waals surface area contributed by atoms with Gasteiger partial charge < -0.3 is 14.4 Å². The van der Waals surface area contributed by atoms with Crippen molar-refractivity contribution in [2.45, 2.75) is 31.7 Å². The van der Waals surface area contributed by atoms with Crippen LogP contribution >= 0.6 is 0 Å². The molecule has 1 aliphatic carbocycles. The van der Waals surface area contributed by atoms with Gasteiger partial charge in [0.25, 0.3) is 5.91 Å². The average Bonchev–Trinajstić information content (AvgIpc) is 3.15. The number of ether oxygens (including phenoxy) is 2. The standard InChI is InChI=1S/C18H26N2O3/c1-22-15-8-5-9-16(23-2)17(15)18(21)20-12-10-19(11-13-20)14-6-3-4-7-14/h5,8-9,14H,3-4,6-7,10-13H2,1-2H3. The number of nitrogens with zero attached hydrogens (tertiary/aromatic N) is 2. The van der Waals surface area contributed by atoms with Crippen LogP contribution in [0.15, 0.2) is 18.2 Å². The Morgan fingerprint density at radius 1 is 1.00 bits per heavy atom. The van der Waals surface area contributed by atoms with E-state index in [-0.39, 0.29) is 5.91 Å². The fourth-order valence-corrected chi connectivity index (χ4v) is 3.78. The van der Waals surface area contributed by atoms with Gasteiger partial charge in [-0.05, 0) is 25.0 Å². The van der Waals surface area contributed by atoms with Crippen LogP contribution in [0.1, 0.15) is 36.0 Å². The zero-order valence-corrected chi connectivity index (χ0v) is 14.1. The van der Waals surface area contributed by atoms with E-state index in [2.05, 4.69) is 4.90 Å². The van der Waals surface area contributed by atoms with Crippen molar-refractivity contribution in [2.24, 2.45) is 0 Å². The lowest BCUT2D eigenvalue weighted by Gasteiger charge is -2.38. The molecule has 1 saturated carbocycles. The molecule has 1 saturated heterocycles. The first-order valence-electron chi connectivity index (χ1n) is 8.49. The second-order valence-corrected chi connectivity index (χ2v) is 6.30. The molecule has 1 aromatic rings. The highest BCUT2D eigenvalue weighted by Gasteiger charge is 2.30. The predicted octanol–water partition coefficient (Wildman–Crippen LogP) is 2.40. The van der Waals surface area contributed by atoms with Gasteiger partial charge in [0.05, 0.1) is 14.2 Å². The molecule has 5 heteroatoms. The Labute approximate surface area is 138 Å². The minimum absolute atomic E-state index is 0.00497. The molecule has 0 N–H and O–H groups in total. The maximum atomic E-state index is 12.9. The normalized spacial score (nSPS) is 19.8. The summed E-state index contributed by atoms with van der Waals surface area (Å²) in [6.07, 6.45) is 5.33. The van der Waals surface area contributed by atoms with Gasteiger partial charge in [0.2, 0.25) is 0 Å². The molecule has 1 aliphatic heterocycles. The van der Waals surface area contributed by atoms with Crippen LogP contribution < -0.4 is 9.47 Å². The largest absolute Gasteiger partial charge is 0.496 e. The molecule has 0 atom stereocenters. The molecule has 0 bridgehead atoms. The molecule has 0 spiro atoms. The second kappa shape index (κ2) is 7.21. The number of rotatable bonds is 4. The van der Waals surface area contributed by atoms with Crippen molar-refractivity contribution in [2.75, 3.05) is 40.4 Å². The Balaban J connectivity index is 1.70. The molecule has 2 fully saturated rings. The molecule has 5 nitrogen and oxygen atoms in total. The molecule has 2 aliphatic rings. The number of hydrogen-bond donors (Lipinski definition) is 0. The van der Waals surface area contributed by atoms with Gasteiger partial charge in [-0.3, -0.25) is 9.69 Å². The molecule has 1 heterocycles. The monoisotopic (exact) mass is 318 g/mol. The number of methoxy groups -OCH3 is 2. The highest BCUT2D eigenvalue weighted by atomic mass is 16.5. The Kier molecular flexibility index (Phi) is 5.06. The van der Waals surface area contributed by atoms with Gasteiger partial charge in [0.1, 0.15) is 17.1 Å². The first kappa shape index (κ1) is 16.1. The lowest BCUT2D eigenvalue weighted by molar-refractivity contribution is 0.0567. The number of amides is 1. The highest BCUT2D eigenvalue weighted by molar-refractivity contribution is 5.99. The summed E-state index contributed by atoms with van der Waals surface area (Å²) in [5.41, 5.74) is 0.534. The van der Waals surface area contributed by atoms with E-state index in [1.165, 1.54) is 25.7 Å². The summed E-state index contributed by atoms with van der Waals surface area (Å²) in [6.45, 7) is 3.48. The fourth-order valence-electron chi connectivity index (χ4n) is 3.78. The summed E-state index contributed by atoms with van der Waals surface area (Å²) < 4.78 is 10.7. The fraction of sp³-hybridized carbons (Fsp3) is 0.611. The summed E-state index contributed by atoms with van der Waals surface area (Å²) in [4.78, 5) is 17.4. The number of benzene rings is 1.